The van der Waals surface area contributed by atoms with E-state index in [1.165, 1.54) is 4.90 Å². The lowest BCUT2D eigenvalue weighted by Crippen LogP contribution is -2.70. The van der Waals surface area contributed by atoms with Gasteiger partial charge >= 0.3 is 0 Å². The topological polar surface area (TPSA) is 110 Å². The van der Waals surface area contributed by atoms with Crippen LogP contribution in [-0.4, -0.2) is 77.9 Å². The van der Waals surface area contributed by atoms with Gasteiger partial charge in [-0.1, -0.05) is 90.8 Å². The summed E-state index contributed by atoms with van der Waals surface area (Å²) in [5, 5.41) is 26.9. The number of aliphatic hydroxyl groups excluding tert-OH is 2. The second-order valence-electron chi connectivity index (χ2n) is 16.8. The summed E-state index contributed by atoms with van der Waals surface area (Å²) in [6, 6.07) is 30.6. The van der Waals surface area contributed by atoms with E-state index in [1.54, 1.807) is 24.9 Å². The Bertz CT molecular complexity index is 2180. The minimum absolute atomic E-state index is 0.0638. The molecule has 61 heavy (non-hydrogen) atoms. The summed E-state index contributed by atoms with van der Waals surface area (Å²) in [6.45, 7) is 5.49. The van der Waals surface area contributed by atoms with Crippen molar-refractivity contribution >= 4 is 34.2 Å². The van der Waals surface area contributed by atoms with Crippen LogP contribution in [0, 0.1) is 23.7 Å². The van der Waals surface area contributed by atoms with Crippen molar-refractivity contribution < 1.29 is 34.1 Å². The van der Waals surface area contributed by atoms with Crippen molar-refractivity contribution in [3.8, 4) is 11.5 Å². The number of carbonyl (C=O) groups is 1. The largest absolute Gasteiger partial charge is 0.493 e. The molecule has 1 aliphatic heterocycles. The van der Waals surface area contributed by atoms with E-state index in [0.717, 1.165) is 95.4 Å². The Hall–Kier alpha value is -4.61. The normalized spacial score (nSPS) is 24.6. The number of fused-ring (bicyclic) bond motifs is 3. The highest BCUT2D eigenvalue weighted by Gasteiger charge is 2.66. The van der Waals surface area contributed by atoms with E-state index < -0.39 is 11.8 Å². The van der Waals surface area contributed by atoms with Crippen molar-refractivity contribution in [2.24, 2.45) is 28.8 Å². The van der Waals surface area contributed by atoms with E-state index >= 15 is 0 Å². The van der Waals surface area contributed by atoms with Gasteiger partial charge in [0.05, 0.1) is 24.8 Å². The van der Waals surface area contributed by atoms with E-state index in [2.05, 4.69) is 79.4 Å². The molecule has 4 aromatic rings. The number of hydrogen-bond donors (Lipinski definition) is 2. The SMILES string of the molecule is C=CCO[C@@]12Oc3ccc(OCCSc4ccccc4)cc3[C@H]3[C@H](CCCCO)[C@@H](CCCCO)C=C(C(=NOC)C[C@@H]1N(Cc1cccc4ccccc14)C(=O)C1CC1)[C@H]32. The number of ether oxygens (including phenoxy) is 3. The van der Waals surface area contributed by atoms with Gasteiger partial charge in [0.15, 0.2) is 0 Å². The summed E-state index contributed by atoms with van der Waals surface area (Å²) >= 11 is 1.77. The first-order chi connectivity index (χ1) is 30.0. The summed E-state index contributed by atoms with van der Waals surface area (Å²) in [5.41, 5.74) is 3.94. The fourth-order valence-corrected chi connectivity index (χ4v) is 11.0. The molecule has 4 aromatic carbocycles. The van der Waals surface area contributed by atoms with Crippen LogP contribution in [0.5, 0.6) is 11.5 Å². The predicted octanol–water partition coefficient (Wildman–Crippen LogP) is 9.71. The van der Waals surface area contributed by atoms with Crippen molar-refractivity contribution in [1.29, 1.82) is 0 Å². The molecule has 322 valence electrons. The zero-order chi connectivity index (χ0) is 42.2. The monoisotopic (exact) mass is 844 g/mol. The number of hydrogen-bond acceptors (Lipinski definition) is 9. The Labute approximate surface area is 364 Å². The minimum atomic E-state index is -1.31. The number of nitrogens with zero attached hydrogens (tertiary/aromatic N) is 2. The molecule has 0 spiro atoms. The zero-order valence-electron chi connectivity index (χ0n) is 35.3. The number of benzene rings is 4. The van der Waals surface area contributed by atoms with Gasteiger partial charge in [-0.15, -0.1) is 18.3 Å². The molecule has 3 aliphatic carbocycles. The second kappa shape index (κ2) is 20.1. The first-order valence-corrected chi connectivity index (χ1v) is 23.2. The smallest absolute Gasteiger partial charge is 0.239 e. The highest BCUT2D eigenvalue weighted by Crippen LogP contribution is 2.62. The van der Waals surface area contributed by atoms with E-state index in [-0.39, 0.29) is 55.3 Å². The van der Waals surface area contributed by atoms with Gasteiger partial charge in [-0.2, -0.15) is 0 Å². The third-order valence-electron chi connectivity index (χ3n) is 13.0. The van der Waals surface area contributed by atoms with Gasteiger partial charge in [-0.3, -0.25) is 4.79 Å². The third-order valence-corrected chi connectivity index (χ3v) is 14.0. The molecule has 0 aromatic heterocycles. The summed E-state index contributed by atoms with van der Waals surface area (Å²) < 4.78 is 21.2. The maximum absolute atomic E-state index is 14.9. The lowest BCUT2D eigenvalue weighted by atomic mass is 9.55. The van der Waals surface area contributed by atoms with Crippen LogP contribution < -0.4 is 9.47 Å². The summed E-state index contributed by atoms with van der Waals surface area (Å²) in [6.07, 6.45) is 11.1. The van der Waals surface area contributed by atoms with Gasteiger partial charge in [0, 0.05) is 54.2 Å². The van der Waals surface area contributed by atoms with Crippen molar-refractivity contribution in [1.82, 2.24) is 4.90 Å². The molecule has 0 unspecified atom stereocenters. The number of aliphatic hydroxyl groups is 2. The predicted molar refractivity (Wildman–Crippen MR) is 242 cm³/mol. The van der Waals surface area contributed by atoms with Crippen LogP contribution in [0.3, 0.4) is 0 Å². The number of allylic oxidation sites excluding steroid dienone is 1. The Morgan fingerprint density at radius 1 is 0.967 bits per heavy atom. The Morgan fingerprint density at radius 2 is 1.74 bits per heavy atom. The highest BCUT2D eigenvalue weighted by atomic mass is 32.2. The summed E-state index contributed by atoms with van der Waals surface area (Å²) in [4.78, 5) is 23.9. The van der Waals surface area contributed by atoms with Crippen molar-refractivity contribution in [2.45, 2.75) is 87.0 Å². The summed E-state index contributed by atoms with van der Waals surface area (Å²) in [7, 11) is 1.59. The van der Waals surface area contributed by atoms with Crippen molar-refractivity contribution in [2.75, 3.05) is 39.3 Å². The number of thioether (sulfide) groups is 1. The van der Waals surface area contributed by atoms with Crippen LogP contribution in [-0.2, 0) is 20.9 Å². The maximum atomic E-state index is 14.9. The van der Waals surface area contributed by atoms with E-state index in [9.17, 15) is 15.0 Å². The lowest BCUT2D eigenvalue weighted by molar-refractivity contribution is -0.258. The number of rotatable bonds is 21. The molecule has 8 rings (SSSR count). The molecule has 1 heterocycles. The number of carbonyl (C=O) groups excluding carboxylic acids is 1. The quantitative estimate of drug-likeness (QED) is 0.0370. The molecule has 0 radical (unpaired) electrons. The van der Waals surface area contributed by atoms with Crippen molar-refractivity contribution in [3.63, 3.8) is 0 Å². The van der Waals surface area contributed by atoms with Gasteiger partial charge in [0.2, 0.25) is 11.7 Å². The molecule has 2 saturated carbocycles. The van der Waals surface area contributed by atoms with E-state index in [4.69, 9.17) is 24.2 Å². The average molecular weight is 845 g/mol. The molecular weight excluding hydrogens is 785 g/mol. The molecule has 2 N–H and O–H groups in total. The molecule has 6 atom stereocenters. The fraction of sp³-hybridized carbons (Fsp3) is 0.451. The molecule has 2 fully saturated rings. The van der Waals surface area contributed by atoms with Crippen LogP contribution in [0.15, 0.2) is 125 Å². The van der Waals surface area contributed by atoms with Gasteiger partial charge in [0.25, 0.3) is 0 Å². The fourth-order valence-electron chi connectivity index (χ4n) is 10.2. The van der Waals surface area contributed by atoms with Gasteiger partial charge in [0.1, 0.15) is 24.7 Å². The van der Waals surface area contributed by atoms with E-state index in [0.29, 0.717) is 26.0 Å². The molecule has 0 saturated heterocycles. The summed E-state index contributed by atoms with van der Waals surface area (Å²) in [5.74, 6) is 0.819. The van der Waals surface area contributed by atoms with Crippen LogP contribution in [0.2, 0.25) is 0 Å². The third kappa shape index (κ3) is 9.29. The van der Waals surface area contributed by atoms with Crippen LogP contribution in [0.4, 0.5) is 0 Å². The van der Waals surface area contributed by atoms with Crippen LogP contribution in [0.25, 0.3) is 10.8 Å². The first-order valence-electron chi connectivity index (χ1n) is 22.2. The van der Waals surface area contributed by atoms with Gasteiger partial charge < -0.3 is 34.2 Å². The molecule has 9 nitrogen and oxygen atoms in total. The lowest BCUT2D eigenvalue weighted by Gasteiger charge is -2.60. The Kier molecular flexibility index (Phi) is 14.2. The molecular formula is C51H60N2O7S. The van der Waals surface area contributed by atoms with E-state index in [1.807, 2.05) is 29.2 Å². The van der Waals surface area contributed by atoms with Crippen LogP contribution >= 0.6 is 11.8 Å². The molecule has 0 bridgehead atoms. The standard InChI is InChI=1S/C51H60N2O7S/c1-3-28-59-51-47(53(50(56)36-22-23-36)34-38-17-13-16-35-14-7-8-20-41(35)38)33-45(52-57-2)43-31-37(15-9-11-26-54)42(21-10-12-27-55)48(49(43)51)44-32-39(24-25-46(44)60-51)58-29-30-61-40-18-5-4-6-19-40/h3-8,13-14,16-20,24-25,31-32,36-37,42,47-49,54-55H,1,9-12,15,21-23,26-30,33-34H2,2H3/t37-,42+,47-,48+,49+,51+/m0/s1. The average Bonchev–Trinajstić information content (AvgIpc) is 4.14. The number of amides is 1. The second-order valence-corrected chi connectivity index (χ2v) is 18.0. The van der Waals surface area contributed by atoms with Crippen LogP contribution in [0.1, 0.15) is 74.8 Å². The van der Waals surface area contributed by atoms with Crippen molar-refractivity contribution in [3.05, 3.63) is 126 Å². The minimum Gasteiger partial charge on any atom is -0.493 e. The molecule has 4 aliphatic rings. The number of unbranched alkanes of at least 4 members (excludes halogenated alkanes) is 2. The number of oxime groups is 1. The highest BCUT2D eigenvalue weighted by molar-refractivity contribution is 7.99. The van der Waals surface area contributed by atoms with Gasteiger partial charge in [-0.05, 0) is 103 Å². The molecule has 10 heteroatoms. The molecule has 1 amide bonds. The van der Waals surface area contributed by atoms with Gasteiger partial charge in [-0.25, -0.2) is 0 Å². The Balaban J connectivity index is 1.27. The zero-order valence-corrected chi connectivity index (χ0v) is 36.1. The Morgan fingerprint density at radius 3 is 2.51 bits per heavy atom. The maximum Gasteiger partial charge on any atom is 0.239 e. The first kappa shape index (κ1) is 43.1.